The first-order valence-corrected chi connectivity index (χ1v) is 9.99. The van der Waals surface area contributed by atoms with E-state index in [9.17, 15) is 0 Å². The number of methoxy groups -OCH3 is 1. The van der Waals surface area contributed by atoms with Crippen LogP contribution in [0.5, 0.6) is 5.75 Å². The molecule has 0 saturated carbocycles. The first kappa shape index (κ1) is 17.1. The molecule has 5 rings (SSSR count). The fourth-order valence-corrected chi connectivity index (χ4v) is 4.48. The lowest BCUT2D eigenvalue weighted by Gasteiger charge is -2.30. The Kier molecular flexibility index (Phi) is 4.00. The zero-order valence-electron chi connectivity index (χ0n) is 15.7. The quantitative estimate of drug-likeness (QED) is 0.562. The first-order chi connectivity index (χ1) is 13.6. The number of ether oxygens (including phenoxy) is 1. The molecule has 0 spiro atoms. The van der Waals surface area contributed by atoms with Crippen LogP contribution >= 0.6 is 11.3 Å². The predicted molar refractivity (Wildman–Crippen MR) is 108 cm³/mol. The number of nitrogen functional groups attached to an aromatic ring is 1. The van der Waals surface area contributed by atoms with E-state index in [0.29, 0.717) is 22.9 Å². The van der Waals surface area contributed by atoms with E-state index in [1.165, 1.54) is 0 Å². The number of fused-ring (bicyclic) bond motifs is 3. The molecule has 0 radical (unpaired) electrons. The molecule has 0 bridgehead atoms. The molecule has 4 heterocycles. The minimum absolute atomic E-state index is 0.206. The number of anilines is 2. The SMILES string of the molecule is COc1cccc2c1nc(N)n1nc([C@@H]3CCCN(c4nnc(C)s4)C3)nc21. The van der Waals surface area contributed by atoms with Crippen LogP contribution in [-0.4, -0.2) is 50.0 Å². The van der Waals surface area contributed by atoms with Crippen molar-refractivity contribution in [3.63, 3.8) is 0 Å². The van der Waals surface area contributed by atoms with Gasteiger partial charge in [0.15, 0.2) is 11.5 Å². The standard InChI is InChI=1S/C18H20N8OS/c1-10-22-23-18(28-10)25-8-4-5-11(9-25)15-21-16-12-6-3-7-13(27-2)14(12)20-17(19)26(16)24-15/h3,6-7,11H,4-5,8-9H2,1-2H3,(H2,19,20)/t11-/m1/s1. The van der Waals surface area contributed by atoms with Crippen molar-refractivity contribution >= 4 is 39.0 Å². The molecule has 1 aliphatic heterocycles. The second-order valence-corrected chi connectivity index (χ2v) is 8.08. The maximum Gasteiger partial charge on any atom is 0.223 e. The molecule has 1 aliphatic rings. The van der Waals surface area contributed by atoms with Gasteiger partial charge in [-0.1, -0.05) is 17.4 Å². The molecule has 2 N–H and O–H groups in total. The van der Waals surface area contributed by atoms with Gasteiger partial charge in [-0.3, -0.25) is 0 Å². The van der Waals surface area contributed by atoms with Crippen molar-refractivity contribution in [1.82, 2.24) is 29.8 Å². The number of hydrogen-bond acceptors (Lipinski definition) is 9. The lowest BCUT2D eigenvalue weighted by atomic mass is 9.98. The topological polar surface area (TPSA) is 107 Å². The normalized spacial score (nSPS) is 17.5. The van der Waals surface area contributed by atoms with E-state index in [1.807, 2.05) is 25.1 Å². The summed E-state index contributed by atoms with van der Waals surface area (Å²) >= 11 is 1.62. The number of rotatable bonds is 3. The first-order valence-electron chi connectivity index (χ1n) is 9.18. The van der Waals surface area contributed by atoms with Crippen molar-refractivity contribution in [3.8, 4) is 5.75 Å². The number of aromatic nitrogens is 6. The molecular weight excluding hydrogens is 376 g/mol. The van der Waals surface area contributed by atoms with Gasteiger partial charge < -0.3 is 15.4 Å². The van der Waals surface area contributed by atoms with Crippen LogP contribution < -0.4 is 15.4 Å². The summed E-state index contributed by atoms with van der Waals surface area (Å²) in [6, 6.07) is 5.76. The maximum atomic E-state index is 6.18. The van der Waals surface area contributed by atoms with Crippen LogP contribution in [0.4, 0.5) is 11.1 Å². The molecule has 0 aliphatic carbocycles. The molecular formula is C18H20N8OS. The Morgan fingerprint density at radius 2 is 2.14 bits per heavy atom. The zero-order chi connectivity index (χ0) is 19.3. The van der Waals surface area contributed by atoms with Crippen molar-refractivity contribution < 1.29 is 4.74 Å². The Labute approximate surface area is 165 Å². The van der Waals surface area contributed by atoms with Gasteiger partial charge >= 0.3 is 0 Å². The fourth-order valence-electron chi connectivity index (χ4n) is 3.76. The van der Waals surface area contributed by atoms with E-state index in [-0.39, 0.29) is 5.92 Å². The van der Waals surface area contributed by atoms with Crippen LogP contribution in [0.2, 0.25) is 0 Å². The number of para-hydroxylation sites is 1. The highest BCUT2D eigenvalue weighted by Crippen LogP contribution is 2.32. The number of benzene rings is 1. The molecule has 0 unspecified atom stereocenters. The summed E-state index contributed by atoms with van der Waals surface area (Å²) in [7, 11) is 1.62. The lowest BCUT2D eigenvalue weighted by molar-refractivity contribution is 0.419. The maximum absolute atomic E-state index is 6.18. The largest absolute Gasteiger partial charge is 0.494 e. The van der Waals surface area contributed by atoms with Gasteiger partial charge in [0.05, 0.1) is 7.11 Å². The summed E-state index contributed by atoms with van der Waals surface area (Å²) in [5.41, 5.74) is 7.58. The average Bonchev–Trinajstić information content (AvgIpc) is 3.35. The van der Waals surface area contributed by atoms with Crippen molar-refractivity contribution in [2.24, 2.45) is 0 Å². The minimum atomic E-state index is 0.206. The number of aryl methyl sites for hydroxylation is 1. The van der Waals surface area contributed by atoms with Crippen LogP contribution in [-0.2, 0) is 0 Å². The molecule has 4 aromatic rings. The third-order valence-corrected chi connectivity index (χ3v) is 6.00. The monoisotopic (exact) mass is 396 g/mol. The van der Waals surface area contributed by atoms with Crippen molar-refractivity contribution in [3.05, 3.63) is 29.0 Å². The zero-order valence-corrected chi connectivity index (χ0v) is 16.5. The van der Waals surface area contributed by atoms with Gasteiger partial charge in [0.2, 0.25) is 11.1 Å². The molecule has 10 heteroatoms. The highest BCUT2D eigenvalue weighted by atomic mass is 32.1. The summed E-state index contributed by atoms with van der Waals surface area (Å²) in [5, 5.41) is 15.9. The van der Waals surface area contributed by atoms with Crippen LogP contribution in [0.25, 0.3) is 16.6 Å². The van der Waals surface area contributed by atoms with E-state index >= 15 is 0 Å². The Morgan fingerprint density at radius 1 is 1.25 bits per heavy atom. The molecule has 1 fully saturated rings. The van der Waals surface area contributed by atoms with Crippen molar-refractivity contribution in [2.75, 3.05) is 30.8 Å². The Bertz CT molecular complexity index is 1170. The molecule has 1 saturated heterocycles. The number of nitrogens with zero attached hydrogens (tertiary/aromatic N) is 7. The van der Waals surface area contributed by atoms with E-state index in [0.717, 1.165) is 47.3 Å². The van der Waals surface area contributed by atoms with Crippen molar-refractivity contribution in [1.29, 1.82) is 0 Å². The van der Waals surface area contributed by atoms with Gasteiger partial charge in [-0.2, -0.15) is 4.52 Å². The van der Waals surface area contributed by atoms with Gasteiger partial charge in [-0.05, 0) is 31.9 Å². The molecule has 9 nitrogen and oxygen atoms in total. The lowest BCUT2D eigenvalue weighted by Crippen LogP contribution is -2.34. The van der Waals surface area contributed by atoms with Crippen LogP contribution in [0.15, 0.2) is 18.2 Å². The van der Waals surface area contributed by atoms with Crippen LogP contribution in [0, 0.1) is 6.92 Å². The summed E-state index contributed by atoms with van der Waals surface area (Å²) < 4.78 is 7.06. The summed E-state index contributed by atoms with van der Waals surface area (Å²) in [6.45, 7) is 3.77. The summed E-state index contributed by atoms with van der Waals surface area (Å²) in [5.74, 6) is 1.97. The van der Waals surface area contributed by atoms with E-state index in [4.69, 9.17) is 20.6 Å². The summed E-state index contributed by atoms with van der Waals surface area (Å²) in [4.78, 5) is 11.6. The minimum Gasteiger partial charge on any atom is -0.494 e. The highest BCUT2D eigenvalue weighted by Gasteiger charge is 2.27. The number of piperidine rings is 1. The second kappa shape index (κ2) is 6.55. The van der Waals surface area contributed by atoms with Gasteiger partial charge in [-0.25, -0.2) is 9.97 Å². The van der Waals surface area contributed by atoms with Gasteiger partial charge in [0, 0.05) is 24.4 Å². The Hall–Kier alpha value is -3.01. The van der Waals surface area contributed by atoms with Gasteiger partial charge in [0.1, 0.15) is 16.3 Å². The third-order valence-electron chi connectivity index (χ3n) is 5.10. The van der Waals surface area contributed by atoms with E-state index in [2.05, 4.69) is 20.1 Å². The predicted octanol–water partition coefficient (Wildman–Crippen LogP) is 2.41. The fraction of sp³-hybridized carbons (Fsp3) is 0.389. The van der Waals surface area contributed by atoms with Crippen LogP contribution in [0.1, 0.15) is 29.6 Å². The molecule has 144 valence electrons. The third kappa shape index (κ3) is 2.71. The van der Waals surface area contributed by atoms with Gasteiger partial charge in [-0.15, -0.1) is 15.3 Å². The molecule has 1 aromatic carbocycles. The Morgan fingerprint density at radius 3 is 2.93 bits per heavy atom. The van der Waals surface area contributed by atoms with Crippen LogP contribution in [0.3, 0.4) is 0 Å². The molecule has 28 heavy (non-hydrogen) atoms. The highest BCUT2D eigenvalue weighted by molar-refractivity contribution is 7.15. The number of nitrogens with two attached hydrogens (primary N) is 1. The molecule has 1 atom stereocenters. The molecule has 0 amide bonds. The smallest absolute Gasteiger partial charge is 0.223 e. The summed E-state index contributed by atoms with van der Waals surface area (Å²) in [6.07, 6.45) is 2.08. The number of hydrogen-bond donors (Lipinski definition) is 1. The van der Waals surface area contributed by atoms with Crippen molar-refractivity contribution in [2.45, 2.75) is 25.7 Å². The molecule has 3 aromatic heterocycles. The second-order valence-electron chi connectivity index (χ2n) is 6.92. The average molecular weight is 396 g/mol. The Balaban J connectivity index is 1.56. The van der Waals surface area contributed by atoms with E-state index < -0.39 is 0 Å². The van der Waals surface area contributed by atoms with Gasteiger partial charge in [0.25, 0.3) is 0 Å². The van der Waals surface area contributed by atoms with E-state index in [1.54, 1.807) is 23.0 Å².